The number of hydrogen-bond donors (Lipinski definition) is 4. The van der Waals surface area contributed by atoms with E-state index >= 15 is 0 Å². The van der Waals surface area contributed by atoms with Gasteiger partial charge in [0.05, 0.1) is 27.9 Å². The largest absolute Gasteiger partial charge is 0.355 e. The Hall–Kier alpha value is -6.73. The standard InChI is InChI=1S/C45H43N7O6/c1-46-42(55)35-26-48-36-15-14-30(25-34(36)40(35)49-32-7-3-2-4-8-32)28-10-12-29(13-11-28)41(54)47-20-23-51-21-18-27(19-22-51)24-31-6-5-9-33-39(31)45(58)52(44(33)57)37-16-17-38(53)50-43(37)56/h2-15,25-27,37H,16-24H2,1H3,(H,46,55)(H,47,54)(H,48,49)(H,50,53,56). The smallest absolute Gasteiger partial charge is 0.262 e. The van der Waals surface area contributed by atoms with E-state index in [1.165, 1.54) is 0 Å². The first kappa shape index (κ1) is 38.2. The van der Waals surface area contributed by atoms with Crippen molar-refractivity contribution < 1.29 is 28.8 Å². The van der Waals surface area contributed by atoms with Crippen molar-refractivity contribution in [2.24, 2.45) is 5.92 Å². The lowest BCUT2D eigenvalue weighted by atomic mass is 9.87. The van der Waals surface area contributed by atoms with E-state index in [0.29, 0.717) is 53.4 Å². The Balaban J connectivity index is 0.850. The molecule has 0 bridgehead atoms. The number of para-hydroxylation sites is 1. The van der Waals surface area contributed by atoms with Crippen molar-refractivity contribution in [2.75, 3.05) is 38.5 Å². The molecule has 0 aliphatic carbocycles. The van der Waals surface area contributed by atoms with Crippen LogP contribution in [0.3, 0.4) is 0 Å². The van der Waals surface area contributed by atoms with Crippen LogP contribution in [0.1, 0.15) is 72.7 Å². The van der Waals surface area contributed by atoms with Crippen LogP contribution >= 0.6 is 0 Å². The van der Waals surface area contributed by atoms with Gasteiger partial charge in [-0.2, -0.15) is 0 Å². The van der Waals surface area contributed by atoms with Crippen LogP contribution in [0.2, 0.25) is 0 Å². The van der Waals surface area contributed by atoms with Gasteiger partial charge in [-0.05, 0) is 104 Å². The average molecular weight is 778 g/mol. The number of amides is 6. The maximum atomic E-state index is 13.5. The molecule has 3 aliphatic heterocycles. The summed E-state index contributed by atoms with van der Waals surface area (Å²) < 4.78 is 0. The Morgan fingerprint density at radius 3 is 2.33 bits per heavy atom. The van der Waals surface area contributed by atoms with Gasteiger partial charge in [-0.3, -0.25) is 44.0 Å². The second-order valence-electron chi connectivity index (χ2n) is 15.0. The predicted molar refractivity (Wildman–Crippen MR) is 219 cm³/mol. The molecule has 0 spiro atoms. The molecule has 6 amide bonds. The number of fused-ring (bicyclic) bond motifs is 2. The number of rotatable bonds is 11. The molecular formula is C45H43N7O6. The number of nitrogens with one attached hydrogen (secondary N) is 4. The lowest BCUT2D eigenvalue weighted by molar-refractivity contribution is -0.136. The molecule has 1 unspecified atom stereocenters. The lowest BCUT2D eigenvalue weighted by Gasteiger charge is -2.32. The number of benzene rings is 4. The summed E-state index contributed by atoms with van der Waals surface area (Å²) in [5.41, 5.74) is 6.54. The van der Waals surface area contributed by atoms with Gasteiger partial charge in [0.2, 0.25) is 11.8 Å². The van der Waals surface area contributed by atoms with Gasteiger partial charge in [0.25, 0.3) is 23.6 Å². The van der Waals surface area contributed by atoms with Gasteiger partial charge in [-0.1, -0.05) is 48.5 Å². The molecule has 4 aromatic carbocycles. The molecule has 13 heteroatoms. The highest BCUT2D eigenvalue weighted by Crippen LogP contribution is 2.34. The van der Waals surface area contributed by atoms with E-state index in [1.807, 2.05) is 78.9 Å². The molecule has 5 aromatic rings. The fourth-order valence-electron chi connectivity index (χ4n) is 8.20. The molecule has 4 heterocycles. The van der Waals surface area contributed by atoms with E-state index in [4.69, 9.17) is 0 Å². The third-order valence-electron chi connectivity index (χ3n) is 11.3. The summed E-state index contributed by atoms with van der Waals surface area (Å²) in [5, 5.41) is 12.2. The Kier molecular flexibility index (Phi) is 10.8. The zero-order valence-corrected chi connectivity index (χ0v) is 32.0. The zero-order chi connectivity index (χ0) is 40.3. The third-order valence-corrected chi connectivity index (χ3v) is 11.3. The van der Waals surface area contributed by atoms with Crippen molar-refractivity contribution in [1.82, 2.24) is 30.7 Å². The number of pyridine rings is 1. The third kappa shape index (κ3) is 7.68. The monoisotopic (exact) mass is 777 g/mol. The number of imide groups is 2. The number of anilines is 2. The summed E-state index contributed by atoms with van der Waals surface area (Å²) in [4.78, 5) is 84.8. The fourth-order valence-corrected chi connectivity index (χ4v) is 8.20. The number of hydrogen-bond acceptors (Lipinski definition) is 9. The molecule has 4 N–H and O–H groups in total. The van der Waals surface area contributed by atoms with Gasteiger partial charge >= 0.3 is 0 Å². The van der Waals surface area contributed by atoms with Crippen molar-refractivity contribution >= 4 is 57.7 Å². The van der Waals surface area contributed by atoms with E-state index < -0.39 is 29.7 Å². The minimum atomic E-state index is -0.987. The lowest BCUT2D eigenvalue weighted by Crippen LogP contribution is -2.54. The summed E-state index contributed by atoms with van der Waals surface area (Å²) in [7, 11) is 1.59. The van der Waals surface area contributed by atoms with Crippen molar-refractivity contribution in [3.8, 4) is 11.1 Å². The fraction of sp³-hybridized carbons (Fsp3) is 0.267. The Morgan fingerprint density at radius 2 is 1.59 bits per heavy atom. The van der Waals surface area contributed by atoms with Crippen LogP contribution in [-0.2, 0) is 16.0 Å². The maximum Gasteiger partial charge on any atom is 0.262 e. The van der Waals surface area contributed by atoms with Crippen LogP contribution in [0.4, 0.5) is 11.4 Å². The van der Waals surface area contributed by atoms with Gasteiger partial charge in [-0.25, -0.2) is 0 Å². The van der Waals surface area contributed by atoms with E-state index in [0.717, 1.165) is 64.1 Å². The topological polar surface area (TPSA) is 170 Å². The van der Waals surface area contributed by atoms with E-state index in [-0.39, 0.29) is 24.7 Å². The number of likely N-dealkylation sites (tertiary alicyclic amines) is 1. The number of aromatic nitrogens is 1. The van der Waals surface area contributed by atoms with Gasteiger partial charge in [0, 0.05) is 49.4 Å². The quantitative estimate of drug-likeness (QED) is 0.134. The minimum absolute atomic E-state index is 0.0806. The molecular weight excluding hydrogens is 735 g/mol. The van der Waals surface area contributed by atoms with Crippen LogP contribution < -0.4 is 21.3 Å². The zero-order valence-electron chi connectivity index (χ0n) is 32.0. The number of nitrogens with zero attached hydrogens (tertiary/aromatic N) is 3. The van der Waals surface area contributed by atoms with Gasteiger partial charge in [0.1, 0.15) is 6.04 Å². The summed E-state index contributed by atoms with van der Waals surface area (Å²) in [6.45, 7) is 2.88. The van der Waals surface area contributed by atoms with Gasteiger partial charge in [-0.15, -0.1) is 0 Å². The molecule has 294 valence electrons. The molecule has 0 saturated carbocycles. The highest BCUT2D eigenvalue weighted by molar-refractivity contribution is 6.24. The second-order valence-corrected chi connectivity index (χ2v) is 15.0. The molecule has 2 fully saturated rings. The molecule has 1 atom stereocenters. The Morgan fingerprint density at radius 1 is 0.828 bits per heavy atom. The van der Waals surface area contributed by atoms with E-state index in [1.54, 1.807) is 25.4 Å². The van der Waals surface area contributed by atoms with Crippen LogP contribution in [0, 0.1) is 5.92 Å². The predicted octanol–water partition coefficient (Wildman–Crippen LogP) is 5.09. The summed E-state index contributed by atoms with van der Waals surface area (Å²) in [6, 6.07) is 27.3. The van der Waals surface area contributed by atoms with Gasteiger partial charge < -0.3 is 20.9 Å². The summed E-state index contributed by atoms with van der Waals surface area (Å²) in [6.07, 6.45) is 4.23. The minimum Gasteiger partial charge on any atom is -0.355 e. The van der Waals surface area contributed by atoms with Crippen LogP contribution in [0.5, 0.6) is 0 Å². The first-order valence-corrected chi connectivity index (χ1v) is 19.6. The number of carbonyl (C=O) groups excluding carboxylic acids is 6. The normalized spacial score (nSPS) is 17.3. The van der Waals surface area contributed by atoms with Crippen LogP contribution in [0.15, 0.2) is 97.2 Å². The number of carbonyl (C=O) groups is 6. The van der Waals surface area contributed by atoms with Gasteiger partial charge in [0.15, 0.2) is 0 Å². The molecule has 8 rings (SSSR count). The highest BCUT2D eigenvalue weighted by Gasteiger charge is 2.45. The van der Waals surface area contributed by atoms with E-state index in [2.05, 4.69) is 31.2 Å². The van der Waals surface area contributed by atoms with Crippen molar-refractivity contribution in [1.29, 1.82) is 0 Å². The molecule has 58 heavy (non-hydrogen) atoms. The van der Waals surface area contributed by atoms with Crippen LogP contribution in [-0.4, -0.2) is 89.5 Å². The molecule has 0 radical (unpaired) electrons. The average Bonchev–Trinajstić information content (AvgIpc) is 3.50. The SMILES string of the molecule is CNC(=O)c1cnc2ccc(-c3ccc(C(=O)NCCN4CCC(Cc5cccc6c5C(=O)N(C5CCC(=O)NC5=O)C6=O)CC4)cc3)cc2c1Nc1ccccc1. The van der Waals surface area contributed by atoms with Crippen LogP contribution in [0.25, 0.3) is 22.0 Å². The first-order valence-electron chi connectivity index (χ1n) is 19.6. The summed E-state index contributed by atoms with van der Waals surface area (Å²) >= 11 is 0. The maximum absolute atomic E-state index is 13.5. The summed E-state index contributed by atoms with van der Waals surface area (Å²) in [5.74, 6) is -2.06. The highest BCUT2D eigenvalue weighted by atomic mass is 16.2. The molecule has 1 aromatic heterocycles. The van der Waals surface area contributed by atoms with Crippen molar-refractivity contribution in [3.63, 3.8) is 0 Å². The molecule has 3 aliphatic rings. The first-order chi connectivity index (χ1) is 28.2. The Bertz CT molecular complexity index is 2440. The molecule has 13 nitrogen and oxygen atoms in total. The Labute approximate surface area is 335 Å². The second kappa shape index (κ2) is 16.4. The van der Waals surface area contributed by atoms with Crippen molar-refractivity contribution in [2.45, 2.75) is 38.1 Å². The van der Waals surface area contributed by atoms with Crippen molar-refractivity contribution in [3.05, 3.63) is 125 Å². The number of piperidine rings is 2. The van der Waals surface area contributed by atoms with E-state index in [9.17, 15) is 28.8 Å². The molecule has 2 saturated heterocycles.